The van der Waals surface area contributed by atoms with Crippen molar-refractivity contribution in [1.29, 1.82) is 0 Å². The maximum Gasteiger partial charge on any atom is 0.110 e. The van der Waals surface area contributed by atoms with Gasteiger partial charge in [0, 0.05) is 13.1 Å². The number of hydrogen-bond acceptors (Lipinski definition) is 2. The van der Waals surface area contributed by atoms with Crippen LogP contribution in [0.1, 0.15) is 40.0 Å². The van der Waals surface area contributed by atoms with E-state index in [1.165, 1.54) is 25.8 Å². The van der Waals surface area contributed by atoms with Crippen LogP contribution in [0.3, 0.4) is 0 Å². The SMILES string of the molecule is CCCCN1CCOC1CC(C)C. The number of nitrogens with zero attached hydrogens (tertiary/aromatic N) is 1. The fourth-order valence-electron chi connectivity index (χ4n) is 1.79. The van der Waals surface area contributed by atoms with Gasteiger partial charge < -0.3 is 4.74 Å². The summed E-state index contributed by atoms with van der Waals surface area (Å²) in [5, 5.41) is 0. The highest BCUT2D eigenvalue weighted by Gasteiger charge is 2.24. The highest BCUT2D eigenvalue weighted by molar-refractivity contribution is 4.70. The predicted octanol–water partition coefficient (Wildman–Crippen LogP) is 2.49. The zero-order valence-electron chi connectivity index (χ0n) is 9.25. The first-order chi connectivity index (χ1) is 6.24. The van der Waals surface area contributed by atoms with Crippen molar-refractivity contribution in [3.8, 4) is 0 Å². The van der Waals surface area contributed by atoms with Gasteiger partial charge in [0.05, 0.1) is 6.61 Å². The molecule has 1 aliphatic rings. The van der Waals surface area contributed by atoms with E-state index in [1.54, 1.807) is 0 Å². The molecule has 0 saturated carbocycles. The number of hydrogen-bond donors (Lipinski definition) is 0. The Morgan fingerprint density at radius 1 is 1.46 bits per heavy atom. The Hall–Kier alpha value is -0.0800. The van der Waals surface area contributed by atoms with Crippen LogP contribution < -0.4 is 0 Å². The quantitative estimate of drug-likeness (QED) is 0.652. The monoisotopic (exact) mass is 185 g/mol. The van der Waals surface area contributed by atoms with Crippen LogP contribution >= 0.6 is 0 Å². The number of unbranched alkanes of at least 4 members (excludes halogenated alkanes) is 1. The lowest BCUT2D eigenvalue weighted by Crippen LogP contribution is -2.32. The summed E-state index contributed by atoms with van der Waals surface area (Å²) in [6, 6.07) is 0. The molecule has 1 fully saturated rings. The van der Waals surface area contributed by atoms with E-state index in [-0.39, 0.29) is 0 Å². The Kier molecular flexibility index (Phi) is 4.74. The maximum atomic E-state index is 5.70. The van der Waals surface area contributed by atoms with Crippen LogP contribution in [0.5, 0.6) is 0 Å². The zero-order chi connectivity index (χ0) is 9.68. The molecule has 1 atom stereocenters. The summed E-state index contributed by atoms with van der Waals surface area (Å²) in [6.45, 7) is 10.1. The lowest BCUT2D eigenvalue weighted by Gasteiger charge is -2.23. The summed E-state index contributed by atoms with van der Waals surface area (Å²) in [7, 11) is 0. The molecule has 13 heavy (non-hydrogen) atoms. The Morgan fingerprint density at radius 2 is 2.23 bits per heavy atom. The molecule has 2 heteroatoms. The molecule has 78 valence electrons. The van der Waals surface area contributed by atoms with Gasteiger partial charge in [-0.1, -0.05) is 27.2 Å². The Morgan fingerprint density at radius 3 is 2.85 bits per heavy atom. The summed E-state index contributed by atoms with van der Waals surface area (Å²) >= 11 is 0. The maximum absolute atomic E-state index is 5.70. The van der Waals surface area contributed by atoms with Gasteiger partial charge in [0.15, 0.2) is 0 Å². The molecule has 1 heterocycles. The molecule has 0 aromatic rings. The van der Waals surface area contributed by atoms with Crippen molar-refractivity contribution in [2.24, 2.45) is 5.92 Å². The second kappa shape index (κ2) is 5.61. The van der Waals surface area contributed by atoms with Crippen molar-refractivity contribution < 1.29 is 4.74 Å². The van der Waals surface area contributed by atoms with Gasteiger partial charge in [0.2, 0.25) is 0 Å². The van der Waals surface area contributed by atoms with Crippen LogP contribution in [-0.2, 0) is 4.74 Å². The number of rotatable bonds is 5. The van der Waals surface area contributed by atoms with Crippen LogP contribution in [0.15, 0.2) is 0 Å². The predicted molar refractivity (Wildman–Crippen MR) is 55.7 cm³/mol. The standard InChI is InChI=1S/C11H23NO/c1-4-5-6-12-7-8-13-11(12)9-10(2)3/h10-11H,4-9H2,1-3H3. The fraction of sp³-hybridized carbons (Fsp3) is 1.00. The van der Waals surface area contributed by atoms with Gasteiger partial charge in [-0.05, 0) is 18.8 Å². The minimum atomic E-state index is 0.409. The van der Waals surface area contributed by atoms with Gasteiger partial charge in [-0.15, -0.1) is 0 Å². The summed E-state index contributed by atoms with van der Waals surface area (Å²) in [5.41, 5.74) is 0. The van der Waals surface area contributed by atoms with E-state index >= 15 is 0 Å². The first kappa shape index (κ1) is 11.0. The molecule has 0 amide bonds. The topological polar surface area (TPSA) is 12.5 Å². The normalized spacial score (nSPS) is 24.5. The third-order valence-corrected chi connectivity index (χ3v) is 2.57. The molecule has 0 spiro atoms. The van der Waals surface area contributed by atoms with Crippen molar-refractivity contribution >= 4 is 0 Å². The molecule has 1 saturated heterocycles. The molecule has 0 N–H and O–H groups in total. The highest BCUT2D eigenvalue weighted by atomic mass is 16.5. The van der Waals surface area contributed by atoms with Crippen LogP contribution in [0.25, 0.3) is 0 Å². The van der Waals surface area contributed by atoms with Crippen molar-refractivity contribution in [2.75, 3.05) is 19.7 Å². The molecule has 0 aliphatic carbocycles. The van der Waals surface area contributed by atoms with Crippen LogP contribution in [0.4, 0.5) is 0 Å². The van der Waals surface area contributed by atoms with E-state index in [4.69, 9.17) is 4.74 Å². The molecule has 0 bridgehead atoms. The minimum Gasteiger partial charge on any atom is -0.362 e. The molecule has 1 unspecified atom stereocenters. The van der Waals surface area contributed by atoms with E-state index < -0.39 is 0 Å². The van der Waals surface area contributed by atoms with Crippen molar-refractivity contribution in [3.63, 3.8) is 0 Å². The Bertz CT molecular complexity index is 136. The Labute approximate surface area is 82.3 Å². The van der Waals surface area contributed by atoms with Crippen LogP contribution in [0, 0.1) is 5.92 Å². The third kappa shape index (κ3) is 3.65. The lowest BCUT2D eigenvalue weighted by molar-refractivity contribution is 0.0175. The van der Waals surface area contributed by atoms with Gasteiger partial charge >= 0.3 is 0 Å². The first-order valence-electron chi connectivity index (χ1n) is 5.59. The average molecular weight is 185 g/mol. The molecule has 0 aromatic carbocycles. The highest BCUT2D eigenvalue weighted by Crippen LogP contribution is 2.18. The van der Waals surface area contributed by atoms with E-state index in [9.17, 15) is 0 Å². The lowest BCUT2D eigenvalue weighted by atomic mass is 10.1. The van der Waals surface area contributed by atoms with Crippen molar-refractivity contribution in [3.05, 3.63) is 0 Å². The molecular weight excluding hydrogens is 162 g/mol. The van der Waals surface area contributed by atoms with E-state index in [0.717, 1.165) is 19.1 Å². The van der Waals surface area contributed by atoms with E-state index in [0.29, 0.717) is 6.23 Å². The minimum absolute atomic E-state index is 0.409. The first-order valence-corrected chi connectivity index (χ1v) is 5.59. The molecule has 0 radical (unpaired) electrons. The molecule has 0 aromatic heterocycles. The smallest absolute Gasteiger partial charge is 0.110 e. The van der Waals surface area contributed by atoms with E-state index in [2.05, 4.69) is 25.7 Å². The molecule has 1 aliphatic heterocycles. The van der Waals surface area contributed by atoms with Crippen LogP contribution in [-0.4, -0.2) is 30.8 Å². The van der Waals surface area contributed by atoms with Gasteiger partial charge in [0.1, 0.15) is 6.23 Å². The fourth-order valence-corrected chi connectivity index (χ4v) is 1.79. The average Bonchev–Trinajstić information content (AvgIpc) is 2.48. The Balaban J connectivity index is 2.26. The molecular formula is C11H23NO. The zero-order valence-corrected chi connectivity index (χ0v) is 9.25. The second-order valence-corrected chi connectivity index (χ2v) is 4.34. The largest absolute Gasteiger partial charge is 0.362 e. The van der Waals surface area contributed by atoms with Crippen LogP contribution in [0.2, 0.25) is 0 Å². The summed E-state index contributed by atoms with van der Waals surface area (Å²) < 4.78 is 5.70. The van der Waals surface area contributed by atoms with Crippen molar-refractivity contribution in [2.45, 2.75) is 46.3 Å². The summed E-state index contributed by atoms with van der Waals surface area (Å²) in [5.74, 6) is 0.743. The van der Waals surface area contributed by atoms with Gasteiger partial charge in [-0.25, -0.2) is 0 Å². The van der Waals surface area contributed by atoms with E-state index in [1.807, 2.05) is 0 Å². The summed E-state index contributed by atoms with van der Waals surface area (Å²) in [6.07, 6.45) is 4.18. The van der Waals surface area contributed by atoms with Gasteiger partial charge in [-0.2, -0.15) is 0 Å². The number of ether oxygens (including phenoxy) is 1. The second-order valence-electron chi connectivity index (χ2n) is 4.34. The summed E-state index contributed by atoms with van der Waals surface area (Å²) in [4.78, 5) is 2.49. The van der Waals surface area contributed by atoms with Gasteiger partial charge in [-0.3, -0.25) is 4.90 Å². The van der Waals surface area contributed by atoms with Gasteiger partial charge in [0.25, 0.3) is 0 Å². The molecule has 1 rings (SSSR count). The molecule has 2 nitrogen and oxygen atoms in total. The third-order valence-electron chi connectivity index (χ3n) is 2.57. The van der Waals surface area contributed by atoms with Crippen molar-refractivity contribution in [1.82, 2.24) is 4.90 Å².